The second-order valence-corrected chi connectivity index (χ2v) is 4.38. The lowest BCUT2D eigenvalue weighted by Crippen LogP contribution is -2.47. The van der Waals surface area contributed by atoms with Gasteiger partial charge in [0.2, 0.25) is 5.91 Å². The molecule has 1 saturated heterocycles. The van der Waals surface area contributed by atoms with E-state index in [0.29, 0.717) is 19.0 Å². The Balaban J connectivity index is 0.00000162. The molecule has 1 aliphatic rings. The van der Waals surface area contributed by atoms with Gasteiger partial charge in [-0.1, -0.05) is 0 Å². The van der Waals surface area contributed by atoms with Crippen molar-refractivity contribution in [2.24, 2.45) is 0 Å². The second-order valence-electron chi connectivity index (χ2n) is 4.38. The number of hydrogen-bond donors (Lipinski definition) is 1. The summed E-state index contributed by atoms with van der Waals surface area (Å²) in [7, 11) is 1.95. The lowest BCUT2D eigenvalue weighted by molar-refractivity contribution is -0.132. The van der Waals surface area contributed by atoms with Crippen molar-refractivity contribution in [3.63, 3.8) is 0 Å². The lowest BCUT2D eigenvalue weighted by atomic mass is 10.1. The van der Waals surface area contributed by atoms with Gasteiger partial charge < -0.3 is 10.2 Å². The van der Waals surface area contributed by atoms with Crippen molar-refractivity contribution >= 4 is 18.3 Å². The first-order valence-electron chi connectivity index (χ1n) is 6.07. The number of aromatic nitrogens is 3. The van der Waals surface area contributed by atoms with Crippen LogP contribution in [0.25, 0.3) is 0 Å². The van der Waals surface area contributed by atoms with Gasteiger partial charge in [-0.2, -0.15) is 5.10 Å². The van der Waals surface area contributed by atoms with E-state index >= 15 is 0 Å². The first-order chi connectivity index (χ1) is 8.29. The van der Waals surface area contributed by atoms with Crippen LogP contribution in [-0.4, -0.2) is 51.8 Å². The van der Waals surface area contributed by atoms with Gasteiger partial charge in [-0.15, -0.1) is 12.4 Å². The first-order valence-corrected chi connectivity index (χ1v) is 6.07. The Hall–Kier alpha value is -1.14. The number of likely N-dealkylation sites (N-methyl/N-ethyl adjacent to an activating group) is 1. The molecule has 1 aromatic heterocycles. The average molecular weight is 274 g/mol. The summed E-state index contributed by atoms with van der Waals surface area (Å²) < 4.78 is 1.69. The molecule has 1 atom stereocenters. The maximum absolute atomic E-state index is 12.0. The monoisotopic (exact) mass is 273 g/mol. The van der Waals surface area contributed by atoms with Crippen molar-refractivity contribution in [1.82, 2.24) is 25.0 Å². The number of amides is 1. The van der Waals surface area contributed by atoms with Crippen molar-refractivity contribution in [1.29, 1.82) is 0 Å². The highest BCUT2D eigenvalue weighted by atomic mass is 35.5. The van der Waals surface area contributed by atoms with Crippen molar-refractivity contribution in [2.75, 3.05) is 20.1 Å². The van der Waals surface area contributed by atoms with Crippen LogP contribution < -0.4 is 5.32 Å². The maximum Gasteiger partial charge on any atom is 0.224 e. The van der Waals surface area contributed by atoms with Gasteiger partial charge in [-0.25, -0.2) is 4.98 Å². The van der Waals surface area contributed by atoms with E-state index in [4.69, 9.17) is 0 Å². The minimum Gasteiger partial charge on any atom is -0.341 e. The Bertz CT molecular complexity index is 356. The lowest BCUT2D eigenvalue weighted by Gasteiger charge is -2.32. The van der Waals surface area contributed by atoms with Gasteiger partial charge in [0.1, 0.15) is 12.7 Å². The zero-order valence-corrected chi connectivity index (χ0v) is 11.4. The molecule has 2 heterocycles. The number of piperidine rings is 1. The molecule has 18 heavy (non-hydrogen) atoms. The van der Waals surface area contributed by atoms with E-state index < -0.39 is 0 Å². The fraction of sp³-hybridized carbons (Fsp3) is 0.727. The summed E-state index contributed by atoms with van der Waals surface area (Å²) in [4.78, 5) is 17.8. The van der Waals surface area contributed by atoms with Crippen molar-refractivity contribution < 1.29 is 4.79 Å². The van der Waals surface area contributed by atoms with Gasteiger partial charge in [-0.3, -0.25) is 9.48 Å². The number of carbonyl (C=O) groups excluding carboxylic acids is 1. The van der Waals surface area contributed by atoms with Crippen LogP contribution in [0.15, 0.2) is 12.7 Å². The quantitative estimate of drug-likeness (QED) is 0.857. The molecule has 0 radical (unpaired) electrons. The van der Waals surface area contributed by atoms with Gasteiger partial charge in [0.15, 0.2) is 0 Å². The van der Waals surface area contributed by atoms with Crippen LogP contribution in [0.3, 0.4) is 0 Å². The minimum absolute atomic E-state index is 0. The topological polar surface area (TPSA) is 63.1 Å². The number of rotatable bonds is 4. The predicted molar refractivity (Wildman–Crippen MR) is 70.5 cm³/mol. The molecule has 0 spiro atoms. The van der Waals surface area contributed by atoms with Crippen molar-refractivity contribution in [3.05, 3.63) is 12.7 Å². The highest BCUT2D eigenvalue weighted by Crippen LogP contribution is 2.11. The van der Waals surface area contributed by atoms with Gasteiger partial charge in [0.25, 0.3) is 0 Å². The van der Waals surface area contributed by atoms with E-state index in [-0.39, 0.29) is 18.3 Å². The molecule has 1 fully saturated rings. The molecular formula is C11H20ClN5O. The fourth-order valence-corrected chi connectivity index (χ4v) is 2.16. The summed E-state index contributed by atoms with van der Waals surface area (Å²) in [6.07, 6.45) is 5.87. The van der Waals surface area contributed by atoms with E-state index in [1.54, 1.807) is 11.0 Å². The number of aryl methyl sites for hydroxylation is 1. The number of hydrogen-bond acceptors (Lipinski definition) is 4. The first kappa shape index (κ1) is 14.9. The normalized spacial score (nSPS) is 19.4. The van der Waals surface area contributed by atoms with Gasteiger partial charge in [0.05, 0.1) is 6.54 Å². The summed E-state index contributed by atoms with van der Waals surface area (Å²) in [6, 6.07) is 0.444. The standard InChI is InChI=1S/C11H19N5O.ClH/c1-12-10-3-2-5-15(7-10)11(17)4-6-16-9-13-8-14-16;/h8-10,12H,2-7H2,1H3;1H. The number of nitrogens with zero attached hydrogens (tertiary/aromatic N) is 4. The Kier molecular flexibility index (Phi) is 6.07. The van der Waals surface area contributed by atoms with Crippen LogP contribution in [0.2, 0.25) is 0 Å². The molecular weight excluding hydrogens is 254 g/mol. The number of carbonyl (C=O) groups is 1. The Morgan fingerprint density at radius 2 is 2.39 bits per heavy atom. The van der Waals surface area contributed by atoms with E-state index in [1.807, 2.05) is 11.9 Å². The summed E-state index contributed by atoms with van der Waals surface area (Å²) in [5.41, 5.74) is 0. The zero-order valence-electron chi connectivity index (χ0n) is 10.6. The Morgan fingerprint density at radius 1 is 1.56 bits per heavy atom. The van der Waals surface area contributed by atoms with Crippen LogP contribution in [0, 0.1) is 0 Å². The molecule has 6 nitrogen and oxygen atoms in total. The van der Waals surface area contributed by atoms with E-state index in [2.05, 4.69) is 15.4 Å². The SMILES string of the molecule is CNC1CCCN(C(=O)CCn2cncn2)C1.Cl. The summed E-state index contributed by atoms with van der Waals surface area (Å²) in [5.74, 6) is 0.209. The summed E-state index contributed by atoms with van der Waals surface area (Å²) >= 11 is 0. The van der Waals surface area contributed by atoms with Crippen LogP contribution in [0.4, 0.5) is 0 Å². The minimum atomic E-state index is 0. The number of nitrogens with one attached hydrogen (secondary N) is 1. The largest absolute Gasteiger partial charge is 0.341 e. The third kappa shape index (κ3) is 3.96. The highest BCUT2D eigenvalue weighted by Gasteiger charge is 2.22. The van der Waals surface area contributed by atoms with Crippen LogP contribution in [0.1, 0.15) is 19.3 Å². The second kappa shape index (κ2) is 7.33. The van der Waals surface area contributed by atoms with Crippen LogP contribution in [0.5, 0.6) is 0 Å². The third-order valence-electron chi connectivity index (χ3n) is 3.20. The van der Waals surface area contributed by atoms with Gasteiger partial charge in [0, 0.05) is 25.6 Å². The molecule has 0 bridgehead atoms. The van der Waals surface area contributed by atoms with Gasteiger partial charge >= 0.3 is 0 Å². The van der Waals surface area contributed by atoms with E-state index in [0.717, 1.165) is 25.9 Å². The summed E-state index contributed by atoms with van der Waals surface area (Å²) in [6.45, 7) is 2.32. The molecule has 1 unspecified atom stereocenters. The Labute approximate surface area is 113 Å². The molecule has 2 rings (SSSR count). The molecule has 0 aliphatic carbocycles. The highest BCUT2D eigenvalue weighted by molar-refractivity contribution is 5.85. The zero-order chi connectivity index (χ0) is 12.1. The molecule has 1 aromatic rings. The smallest absolute Gasteiger partial charge is 0.224 e. The molecule has 0 saturated carbocycles. The number of halogens is 1. The van der Waals surface area contributed by atoms with E-state index in [1.165, 1.54) is 6.33 Å². The van der Waals surface area contributed by atoms with Crippen molar-refractivity contribution in [3.8, 4) is 0 Å². The molecule has 1 amide bonds. The predicted octanol–water partition coefficient (Wildman–Crippen LogP) is 0.300. The third-order valence-corrected chi connectivity index (χ3v) is 3.20. The van der Waals surface area contributed by atoms with Crippen LogP contribution in [-0.2, 0) is 11.3 Å². The fourth-order valence-electron chi connectivity index (χ4n) is 2.16. The van der Waals surface area contributed by atoms with E-state index in [9.17, 15) is 4.79 Å². The average Bonchev–Trinajstić information content (AvgIpc) is 2.89. The molecule has 102 valence electrons. The van der Waals surface area contributed by atoms with Gasteiger partial charge in [-0.05, 0) is 19.9 Å². The molecule has 1 N–H and O–H groups in total. The molecule has 0 aromatic carbocycles. The number of likely N-dealkylation sites (tertiary alicyclic amines) is 1. The molecule has 7 heteroatoms. The Morgan fingerprint density at radius 3 is 3.06 bits per heavy atom. The summed E-state index contributed by atoms with van der Waals surface area (Å²) in [5, 5.41) is 7.22. The molecule has 1 aliphatic heterocycles. The maximum atomic E-state index is 12.0. The van der Waals surface area contributed by atoms with Crippen molar-refractivity contribution in [2.45, 2.75) is 31.8 Å². The van der Waals surface area contributed by atoms with Crippen LogP contribution >= 0.6 is 12.4 Å².